The minimum Gasteiger partial charge on any atom is -0.495 e. The van der Waals surface area contributed by atoms with Crippen LogP contribution in [0.5, 0.6) is 11.5 Å². The SMILES string of the molecule is COc1cnccc1C(N)c1ccc(OC2CC2)cc1. The summed E-state index contributed by atoms with van der Waals surface area (Å²) in [5.41, 5.74) is 8.26. The standard InChI is InChI=1S/C16H18N2O2/c1-19-15-10-18-9-8-14(15)16(17)11-2-4-12(5-3-11)20-13-6-7-13/h2-5,8-10,13,16H,6-7,17H2,1H3. The van der Waals surface area contributed by atoms with Crippen molar-refractivity contribution in [3.05, 3.63) is 53.9 Å². The molecule has 0 bridgehead atoms. The van der Waals surface area contributed by atoms with Gasteiger partial charge in [0.1, 0.15) is 11.5 Å². The number of hydrogen-bond donors (Lipinski definition) is 1. The summed E-state index contributed by atoms with van der Waals surface area (Å²) in [6.45, 7) is 0. The molecule has 3 rings (SSSR count). The predicted molar refractivity (Wildman–Crippen MR) is 76.9 cm³/mol. The molecule has 4 heteroatoms. The van der Waals surface area contributed by atoms with Crippen molar-refractivity contribution in [1.29, 1.82) is 0 Å². The third kappa shape index (κ3) is 2.75. The van der Waals surface area contributed by atoms with Crippen molar-refractivity contribution in [3.63, 3.8) is 0 Å². The molecule has 1 fully saturated rings. The van der Waals surface area contributed by atoms with Crippen molar-refractivity contribution in [2.45, 2.75) is 25.0 Å². The van der Waals surface area contributed by atoms with E-state index in [1.54, 1.807) is 19.5 Å². The van der Waals surface area contributed by atoms with Gasteiger partial charge < -0.3 is 15.2 Å². The smallest absolute Gasteiger partial charge is 0.142 e. The average molecular weight is 270 g/mol. The summed E-state index contributed by atoms with van der Waals surface area (Å²) in [5, 5.41) is 0. The van der Waals surface area contributed by atoms with Gasteiger partial charge in [0, 0.05) is 11.8 Å². The van der Waals surface area contributed by atoms with Crippen LogP contribution in [0.25, 0.3) is 0 Å². The van der Waals surface area contributed by atoms with Gasteiger partial charge in [-0.3, -0.25) is 4.98 Å². The molecule has 2 aromatic rings. The van der Waals surface area contributed by atoms with E-state index < -0.39 is 0 Å². The molecular weight excluding hydrogens is 252 g/mol. The van der Waals surface area contributed by atoms with Crippen LogP contribution in [0.1, 0.15) is 30.0 Å². The quantitative estimate of drug-likeness (QED) is 0.907. The first-order valence-corrected chi connectivity index (χ1v) is 6.78. The van der Waals surface area contributed by atoms with Crippen LogP contribution >= 0.6 is 0 Å². The van der Waals surface area contributed by atoms with Crippen LogP contribution in [-0.2, 0) is 0 Å². The Hall–Kier alpha value is -2.07. The van der Waals surface area contributed by atoms with E-state index in [1.165, 1.54) is 0 Å². The van der Waals surface area contributed by atoms with Gasteiger partial charge in [-0.25, -0.2) is 0 Å². The summed E-state index contributed by atoms with van der Waals surface area (Å²) in [7, 11) is 1.62. The second-order valence-electron chi connectivity index (χ2n) is 4.98. The largest absolute Gasteiger partial charge is 0.495 e. The highest BCUT2D eigenvalue weighted by atomic mass is 16.5. The van der Waals surface area contributed by atoms with Gasteiger partial charge in [0.15, 0.2) is 0 Å². The van der Waals surface area contributed by atoms with Crippen LogP contribution in [0.15, 0.2) is 42.7 Å². The first-order valence-electron chi connectivity index (χ1n) is 6.78. The van der Waals surface area contributed by atoms with Gasteiger partial charge in [-0.15, -0.1) is 0 Å². The molecule has 1 aromatic heterocycles. The highest BCUT2D eigenvalue weighted by Crippen LogP contribution is 2.30. The molecule has 104 valence electrons. The van der Waals surface area contributed by atoms with E-state index in [1.807, 2.05) is 30.3 Å². The lowest BCUT2D eigenvalue weighted by Crippen LogP contribution is -2.13. The fourth-order valence-electron chi connectivity index (χ4n) is 2.13. The molecule has 0 aliphatic heterocycles. The number of rotatable bonds is 5. The third-order valence-corrected chi connectivity index (χ3v) is 3.44. The Morgan fingerprint density at radius 3 is 2.60 bits per heavy atom. The van der Waals surface area contributed by atoms with Gasteiger partial charge in [0.05, 0.1) is 25.5 Å². The molecule has 1 saturated carbocycles. The zero-order chi connectivity index (χ0) is 13.9. The number of hydrogen-bond acceptors (Lipinski definition) is 4. The van der Waals surface area contributed by atoms with Crippen LogP contribution in [-0.4, -0.2) is 18.2 Å². The van der Waals surface area contributed by atoms with Crippen LogP contribution in [0.2, 0.25) is 0 Å². The average Bonchev–Trinajstić information content (AvgIpc) is 3.31. The van der Waals surface area contributed by atoms with Gasteiger partial charge in [-0.05, 0) is 36.6 Å². The summed E-state index contributed by atoms with van der Waals surface area (Å²) in [6, 6.07) is 9.60. The fraction of sp³-hybridized carbons (Fsp3) is 0.312. The lowest BCUT2D eigenvalue weighted by atomic mass is 10.00. The van der Waals surface area contributed by atoms with E-state index >= 15 is 0 Å². The van der Waals surface area contributed by atoms with Crippen LogP contribution in [0.4, 0.5) is 0 Å². The van der Waals surface area contributed by atoms with Crippen LogP contribution < -0.4 is 15.2 Å². The monoisotopic (exact) mass is 270 g/mol. The first kappa shape index (κ1) is 12.9. The number of methoxy groups -OCH3 is 1. The maximum atomic E-state index is 6.31. The molecule has 4 nitrogen and oxygen atoms in total. The molecule has 1 aromatic carbocycles. The van der Waals surface area contributed by atoms with Crippen molar-refractivity contribution >= 4 is 0 Å². The molecule has 1 aliphatic rings. The number of benzene rings is 1. The Balaban J connectivity index is 1.80. The molecule has 1 aliphatic carbocycles. The van der Waals surface area contributed by atoms with E-state index in [4.69, 9.17) is 15.2 Å². The number of aromatic nitrogens is 1. The Labute approximate surface area is 118 Å². The maximum absolute atomic E-state index is 6.31. The van der Waals surface area contributed by atoms with Crippen molar-refractivity contribution in [2.75, 3.05) is 7.11 Å². The number of nitrogens with zero attached hydrogens (tertiary/aromatic N) is 1. The van der Waals surface area contributed by atoms with Gasteiger partial charge in [0.25, 0.3) is 0 Å². The van der Waals surface area contributed by atoms with Crippen molar-refractivity contribution in [1.82, 2.24) is 4.98 Å². The van der Waals surface area contributed by atoms with E-state index in [-0.39, 0.29) is 6.04 Å². The van der Waals surface area contributed by atoms with Gasteiger partial charge in [-0.2, -0.15) is 0 Å². The third-order valence-electron chi connectivity index (χ3n) is 3.44. The number of pyridine rings is 1. The number of ether oxygens (including phenoxy) is 2. The van der Waals surface area contributed by atoms with Crippen LogP contribution in [0, 0.1) is 0 Å². The highest BCUT2D eigenvalue weighted by Gasteiger charge is 2.23. The maximum Gasteiger partial charge on any atom is 0.142 e. The van der Waals surface area contributed by atoms with E-state index in [2.05, 4.69) is 4.98 Å². The summed E-state index contributed by atoms with van der Waals surface area (Å²) in [6.07, 6.45) is 6.14. The zero-order valence-corrected chi connectivity index (χ0v) is 11.5. The van der Waals surface area contributed by atoms with Gasteiger partial charge >= 0.3 is 0 Å². The minimum absolute atomic E-state index is 0.233. The predicted octanol–water partition coefficient (Wildman–Crippen LogP) is 2.68. The molecule has 2 N–H and O–H groups in total. The summed E-state index contributed by atoms with van der Waals surface area (Å²) < 4.78 is 11.0. The minimum atomic E-state index is -0.233. The Morgan fingerprint density at radius 2 is 1.95 bits per heavy atom. The second-order valence-corrected chi connectivity index (χ2v) is 4.98. The fourth-order valence-corrected chi connectivity index (χ4v) is 2.13. The number of nitrogens with two attached hydrogens (primary N) is 1. The Bertz CT molecular complexity index is 579. The Kier molecular flexibility index (Phi) is 3.56. The lowest BCUT2D eigenvalue weighted by Gasteiger charge is -2.16. The molecule has 0 saturated heterocycles. The van der Waals surface area contributed by atoms with Crippen LogP contribution in [0.3, 0.4) is 0 Å². The van der Waals surface area contributed by atoms with E-state index in [9.17, 15) is 0 Å². The molecular formula is C16H18N2O2. The molecule has 0 amide bonds. The van der Waals surface area contributed by atoms with Crippen molar-refractivity contribution in [2.24, 2.45) is 5.73 Å². The molecule has 1 atom stereocenters. The molecule has 1 unspecified atom stereocenters. The van der Waals surface area contributed by atoms with Gasteiger partial charge in [0.2, 0.25) is 0 Å². The first-order chi connectivity index (χ1) is 9.78. The topological polar surface area (TPSA) is 57.4 Å². The molecule has 20 heavy (non-hydrogen) atoms. The Morgan fingerprint density at radius 1 is 1.20 bits per heavy atom. The van der Waals surface area contributed by atoms with Crippen molar-refractivity contribution in [3.8, 4) is 11.5 Å². The highest BCUT2D eigenvalue weighted by molar-refractivity contribution is 5.40. The molecule has 0 spiro atoms. The van der Waals surface area contributed by atoms with Gasteiger partial charge in [-0.1, -0.05) is 12.1 Å². The van der Waals surface area contributed by atoms with E-state index in [0.29, 0.717) is 11.9 Å². The zero-order valence-electron chi connectivity index (χ0n) is 11.5. The summed E-state index contributed by atoms with van der Waals surface area (Å²) in [4.78, 5) is 4.05. The second kappa shape index (κ2) is 5.51. The molecule has 1 heterocycles. The summed E-state index contributed by atoms with van der Waals surface area (Å²) in [5.74, 6) is 1.61. The summed E-state index contributed by atoms with van der Waals surface area (Å²) >= 11 is 0. The molecule has 0 radical (unpaired) electrons. The normalized spacial score (nSPS) is 15.7. The lowest BCUT2D eigenvalue weighted by molar-refractivity contribution is 0.303. The van der Waals surface area contributed by atoms with Crippen molar-refractivity contribution < 1.29 is 9.47 Å². The van der Waals surface area contributed by atoms with E-state index in [0.717, 1.165) is 29.7 Å².